The molecule has 1 N–H and O–H groups in total. The van der Waals surface area contributed by atoms with Gasteiger partial charge < -0.3 is 52.2 Å². The summed E-state index contributed by atoms with van der Waals surface area (Å²) in [4.78, 5) is 0. The van der Waals surface area contributed by atoms with E-state index < -0.39 is 0 Å². The Kier molecular flexibility index (Phi) is 60.4. The number of hydrogen-bond acceptors (Lipinski definition) is 10. The van der Waals surface area contributed by atoms with E-state index >= 15 is 0 Å². The molecule has 9 nitrogen and oxygen atoms in total. The van der Waals surface area contributed by atoms with E-state index in [0.717, 1.165) is 90.2 Å². The van der Waals surface area contributed by atoms with Crippen LogP contribution in [0.4, 0.5) is 0 Å². The van der Waals surface area contributed by atoms with E-state index in [1.165, 1.54) is 0 Å². The molecule has 0 aliphatic rings. The summed E-state index contributed by atoms with van der Waals surface area (Å²) in [5, 5.41) is 3.17. The van der Waals surface area contributed by atoms with Crippen molar-refractivity contribution >= 4 is 42.6 Å². The van der Waals surface area contributed by atoms with Gasteiger partial charge in [0.2, 0.25) is 0 Å². The standard InChI is InChI=1S/C9H21NO2P2.C7H16O2.C6H15O2P2S.C5H12O2/c1-3-11-7-8-12-6-4-5-9(2)10-14-13;1-3-5-9-7-6-8-4-2;1-2-7-3-4-8-5-6-11(9)10;1-3-7-5-4-6-2/h10,14H,2-8,13H2,1H3;3-7H2,1-2H3;9-10H,2-6H2,1H3;3-5H2,1-2H3/q;;-1;. The highest BCUT2D eigenvalue weighted by atomic mass is 32.7. The monoisotopic (exact) mass is 686 g/mol. The summed E-state index contributed by atoms with van der Waals surface area (Å²) < 4.78 is 40.8. The average molecular weight is 687 g/mol. The molecule has 2 unspecified atom stereocenters. The number of ether oxygens (including phenoxy) is 8. The van der Waals surface area contributed by atoms with Gasteiger partial charge in [-0.2, -0.15) is 0 Å². The molecule has 41 heavy (non-hydrogen) atoms. The van der Waals surface area contributed by atoms with E-state index in [9.17, 15) is 0 Å². The van der Waals surface area contributed by atoms with Crippen LogP contribution in [0.1, 0.15) is 53.9 Å². The highest BCUT2D eigenvalue weighted by Gasteiger charge is 1.93. The Balaban J connectivity index is -0.000000230. The number of allylic oxidation sites excluding steroid dienone is 1. The third-order valence-electron chi connectivity index (χ3n) is 4.16. The minimum atomic E-state index is 0.123. The zero-order valence-corrected chi connectivity index (χ0v) is 31.9. The van der Waals surface area contributed by atoms with E-state index in [4.69, 9.17) is 37.9 Å². The second kappa shape index (κ2) is 50.6. The Morgan fingerprint density at radius 1 is 0.659 bits per heavy atom. The summed E-state index contributed by atoms with van der Waals surface area (Å²) in [7, 11) is 11.9. The van der Waals surface area contributed by atoms with Crippen molar-refractivity contribution in [1.29, 1.82) is 0 Å². The first-order valence-electron chi connectivity index (χ1n) is 14.5. The maximum Gasteiger partial charge on any atom is 0.0700 e. The van der Waals surface area contributed by atoms with Crippen LogP contribution in [0.2, 0.25) is 0 Å². The summed E-state index contributed by atoms with van der Waals surface area (Å²) in [5.41, 5.74) is 1.09. The molecule has 0 aromatic heterocycles. The van der Waals surface area contributed by atoms with Gasteiger partial charge in [-0.25, -0.2) is 0 Å². The zero-order chi connectivity index (χ0) is 31.7. The predicted octanol–water partition coefficient (Wildman–Crippen LogP) is 6.20. The topological polar surface area (TPSA) is 85.9 Å². The molecule has 0 aliphatic carbocycles. The van der Waals surface area contributed by atoms with Gasteiger partial charge in [-0.05, 0) is 55.4 Å². The zero-order valence-electron chi connectivity index (χ0n) is 26.9. The van der Waals surface area contributed by atoms with Gasteiger partial charge in [0.05, 0.1) is 52.9 Å². The molecule has 0 amide bonds. The summed E-state index contributed by atoms with van der Waals surface area (Å²) in [5.74, 6) is 1.000. The molecule has 252 valence electrons. The normalized spacial score (nSPS) is 10.4. The predicted molar refractivity (Wildman–Crippen MR) is 189 cm³/mol. The summed E-state index contributed by atoms with van der Waals surface area (Å²) >= 11 is 0. The van der Waals surface area contributed by atoms with Gasteiger partial charge in [0.25, 0.3) is 0 Å². The lowest BCUT2D eigenvalue weighted by atomic mass is 10.3. The van der Waals surface area contributed by atoms with Crippen LogP contribution in [0.25, 0.3) is 0 Å². The number of nitrogens with one attached hydrogen (secondary N) is 1. The summed E-state index contributed by atoms with van der Waals surface area (Å²) in [6.45, 7) is 25.1. The fraction of sp³-hybridized carbons (Fsp3) is 0.926. The first-order valence-corrected chi connectivity index (χ1v) is 21.1. The van der Waals surface area contributed by atoms with Crippen molar-refractivity contribution in [2.75, 3.05) is 112 Å². The van der Waals surface area contributed by atoms with Crippen LogP contribution in [-0.2, 0) is 47.1 Å². The molecule has 0 aromatic rings. The summed E-state index contributed by atoms with van der Waals surface area (Å²) in [6.07, 6.45) is 3.09. The molecule has 0 rings (SSSR count). The van der Waals surface area contributed by atoms with Crippen LogP contribution in [0.3, 0.4) is 0 Å². The van der Waals surface area contributed by atoms with E-state index in [1.54, 1.807) is 7.11 Å². The molecule has 0 spiro atoms. The number of methoxy groups -OCH3 is 1. The molecule has 0 bridgehead atoms. The third-order valence-corrected chi connectivity index (χ3v) is 6.89. The number of hydrogen-bond donors (Lipinski definition) is 1. The van der Waals surface area contributed by atoms with Gasteiger partial charge in [0, 0.05) is 59.1 Å². The second-order valence-corrected chi connectivity index (χ2v) is 14.5. The molecule has 0 aliphatic heterocycles. The van der Waals surface area contributed by atoms with Crippen LogP contribution < -0.4 is 5.09 Å². The van der Waals surface area contributed by atoms with Gasteiger partial charge in [0.1, 0.15) is 0 Å². The Morgan fingerprint density at radius 2 is 1.07 bits per heavy atom. The second-order valence-electron chi connectivity index (χ2n) is 7.69. The van der Waals surface area contributed by atoms with Crippen LogP contribution in [0.15, 0.2) is 12.3 Å². The minimum Gasteiger partial charge on any atom is -0.426 e. The van der Waals surface area contributed by atoms with Crippen LogP contribution in [0.5, 0.6) is 0 Å². The van der Waals surface area contributed by atoms with Crippen LogP contribution in [0, 0.1) is 0 Å². The molecule has 0 fully saturated rings. The first-order chi connectivity index (χ1) is 19.9. The fourth-order valence-electron chi connectivity index (χ4n) is 2.22. The van der Waals surface area contributed by atoms with Crippen molar-refractivity contribution in [3.63, 3.8) is 0 Å². The molecule has 2 atom stereocenters. The van der Waals surface area contributed by atoms with E-state index in [2.05, 4.69) is 43.5 Å². The number of rotatable bonds is 27. The first kappa shape index (κ1) is 48.9. The average Bonchev–Trinajstić information content (AvgIpc) is 2.96. The highest BCUT2D eigenvalue weighted by Crippen LogP contribution is 2.17. The largest absolute Gasteiger partial charge is 0.426 e. The van der Waals surface area contributed by atoms with Gasteiger partial charge in [-0.1, -0.05) is 22.4 Å². The van der Waals surface area contributed by atoms with Crippen molar-refractivity contribution in [1.82, 2.24) is 5.09 Å². The lowest BCUT2D eigenvalue weighted by Gasteiger charge is -2.07. The molecule has 0 aromatic carbocycles. The lowest BCUT2D eigenvalue weighted by molar-refractivity contribution is 0.0520. The van der Waals surface area contributed by atoms with Crippen molar-refractivity contribution in [3.05, 3.63) is 12.3 Å². The van der Waals surface area contributed by atoms with Crippen molar-refractivity contribution in [3.8, 4) is 0 Å². The molecular formula is C27H64NO8P4S-. The SMILES string of the molecule is C=C(CCCOCCOCC)NPP.CCCOCCOCC.CCOCCOC.CCOCCOCC[S-](=P)=P. The molecule has 0 heterocycles. The Hall–Kier alpha value is 1.03. The van der Waals surface area contributed by atoms with E-state index in [0.29, 0.717) is 48.1 Å². The molecule has 14 heteroatoms. The maximum atomic E-state index is 5.37. The van der Waals surface area contributed by atoms with Gasteiger partial charge in [-0.3, -0.25) is 16.0 Å². The minimum absolute atomic E-state index is 0.123. The quantitative estimate of drug-likeness (QED) is 0.0617. The highest BCUT2D eigenvalue weighted by molar-refractivity contribution is 8.29. The Labute approximate surface area is 263 Å². The van der Waals surface area contributed by atoms with Crippen LogP contribution >= 0.6 is 33.4 Å². The molecule has 0 saturated carbocycles. The van der Waals surface area contributed by atoms with Crippen molar-refractivity contribution < 1.29 is 37.9 Å². The molecular weight excluding hydrogens is 622 g/mol. The summed E-state index contributed by atoms with van der Waals surface area (Å²) in [6, 6.07) is 0. The lowest BCUT2D eigenvalue weighted by Crippen LogP contribution is -2.06. The van der Waals surface area contributed by atoms with E-state index in [1.807, 2.05) is 27.7 Å². The molecule has 0 saturated heterocycles. The smallest absolute Gasteiger partial charge is 0.0700 e. The fourth-order valence-corrected chi connectivity index (χ4v) is 3.94. The maximum absolute atomic E-state index is 5.37. The van der Waals surface area contributed by atoms with Crippen molar-refractivity contribution in [2.45, 2.75) is 53.9 Å². The van der Waals surface area contributed by atoms with E-state index in [-0.39, 0.29) is 9.25 Å². The van der Waals surface area contributed by atoms with Crippen LogP contribution in [-0.4, -0.2) is 112 Å². The van der Waals surface area contributed by atoms with Gasteiger partial charge in [-0.15, -0.1) is 5.75 Å². The van der Waals surface area contributed by atoms with Gasteiger partial charge >= 0.3 is 0 Å². The third kappa shape index (κ3) is 64.9. The van der Waals surface area contributed by atoms with Crippen molar-refractivity contribution in [2.24, 2.45) is 0 Å². The Bertz CT molecular complexity index is 522. The van der Waals surface area contributed by atoms with Gasteiger partial charge in [0.15, 0.2) is 0 Å². The Morgan fingerprint density at radius 3 is 1.46 bits per heavy atom. The molecule has 0 radical (unpaired) electrons.